The summed E-state index contributed by atoms with van der Waals surface area (Å²) in [5.74, 6) is -0.213. The lowest BCUT2D eigenvalue weighted by Gasteiger charge is -2.06. The Balaban J connectivity index is 1.89. The molecule has 1 amide bonds. The Morgan fingerprint density at radius 2 is 2.32 bits per heavy atom. The van der Waals surface area contributed by atoms with E-state index in [1.165, 1.54) is 6.07 Å². The number of hydrogen-bond acceptors (Lipinski definition) is 4. The number of phenolic OH excluding ortho intramolecular Hbond substituents is 1. The number of carbonyl (C=O) groups is 1. The van der Waals surface area contributed by atoms with Crippen LogP contribution in [0.15, 0.2) is 35.1 Å². The number of nitrogens with zero attached hydrogens (tertiary/aromatic N) is 2. The normalized spacial score (nSPS) is 10.4. The van der Waals surface area contributed by atoms with Crippen molar-refractivity contribution in [3.8, 4) is 5.75 Å². The van der Waals surface area contributed by atoms with E-state index in [2.05, 4.69) is 26.3 Å². The lowest BCUT2D eigenvalue weighted by molar-refractivity contribution is 0.0951. The quantitative estimate of drug-likeness (QED) is 0.791. The standard InChI is InChI=1S/C12H13BrN4O2/c13-10-2-1-8(5-11(10)18)12(19)15-3-4-17-7-9(14)6-16-17/h1-2,5-7,18H,3-4,14H2,(H,15,19). The van der Waals surface area contributed by atoms with Crippen molar-refractivity contribution in [2.45, 2.75) is 6.54 Å². The molecule has 0 radical (unpaired) electrons. The van der Waals surface area contributed by atoms with E-state index >= 15 is 0 Å². The van der Waals surface area contributed by atoms with Crippen LogP contribution >= 0.6 is 15.9 Å². The zero-order valence-electron chi connectivity index (χ0n) is 10.0. The van der Waals surface area contributed by atoms with Crippen LogP contribution in [0.4, 0.5) is 5.69 Å². The van der Waals surface area contributed by atoms with Gasteiger partial charge in [-0.1, -0.05) is 0 Å². The Kier molecular flexibility index (Phi) is 4.06. The van der Waals surface area contributed by atoms with Gasteiger partial charge in [0.25, 0.3) is 5.91 Å². The van der Waals surface area contributed by atoms with Crippen LogP contribution in [-0.4, -0.2) is 27.3 Å². The van der Waals surface area contributed by atoms with Crippen LogP contribution in [0.2, 0.25) is 0 Å². The number of aromatic nitrogens is 2. The molecular weight excluding hydrogens is 312 g/mol. The van der Waals surface area contributed by atoms with Crippen molar-refractivity contribution in [1.29, 1.82) is 0 Å². The van der Waals surface area contributed by atoms with Crippen molar-refractivity contribution in [2.24, 2.45) is 0 Å². The van der Waals surface area contributed by atoms with Gasteiger partial charge in [-0.15, -0.1) is 0 Å². The number of rotatable bonds is 4. The first-order chi connectivity index (χ1) is 9.06. The highest BCUT2D eigenvalue weighted by Crippen LogP contribution is 2.24. The van der Waals surface area contributed by atoms with Gasteiger partial charge in [0.2, 0.25) is 0 Å². The summed E-state index contributed by atoms with van der Waals surface area (Å²) >= 11 is 3.16. The third-order valence-electron chi connectivity index (χ3n) is 2.49. The van der Waals surface area contributed by atoms with Gasteiger partial charge in [-0.05, 0) is 34.1 Å². The molecule has 1 aromatic carbocycles. The largest absolute Gasteiger partial charge is 0.507 e. The minimum Gasteiger partial charge on any atom is -0.507 e. The molecule has 0 aliphatic heterocycles. The van der Waals surface area contributed by atoms with Crippen LogP contribution < -0.4 is 11.1 Å². The smallest absolute Gasteiger partial charge is 0.251 e. The molecule has 2 rings (SSSR count). The molecule has 100 valence electrons. The maximum atomic E-state index is 11.8. The summed E-state index contributed by atoms with van der Waals surface area (Å²) in [5.41, 5.74) is 6.52. The third-order valence-corrected chi connectivity index (χ3v) is 3.16. The van der Waals surface area contributed by atoms with Crippen LogP contribution in [0.3, 0.4) is 0 Å². The van der Waals surface area contributed by atoms with Crippen molar-refractivity contribution in [3.63, 3.8) is 0 Å². The first-order valence-corrected chi connectivity index (χ1v) is 6.40. The first kappa shape index (κ1) is 13.4. The number of carbonyl (C=O) groups excluding carboxylic acids is 1. The van der Waals surface area contributed by atoms with E-state index in [1.54, 1.807) is 29.2 Å². The van der Waals surface area contributed by atoms with Crippen molar-refractivity contribution < 1.29 is 9.90 Å². The molecule has 0 bridgehead atoms. The number of nitrogen functional groups attached to an aromatic ring is 1. The summed E-state index contributed by atoms with van der Waals surface area (Å²) in [6.07, 6.45) is 3.24. The summed E-state index contributed by atoms with van der Waals surface area (Å²) in [7, 11) is 0. The van der Waals surface area contributed by atoms with Gasteiger partial charge in [-0.3, -0.25) is 9.48 Å². The molecule has 0 saturated carbocycles. The van der Waals surface area contributed by atoms with Gasteiger partial charge in [0, 0.05) is 18.3 Å². The highest BCUT2D eigenvalue weighted by molar-refractivity contribution is 9.10. The highest BCUT2D eigenvalue weighted by Gasteiger charge is 2.07. The summed E-state index contributed by atoms with van der Waals surface area (Å²) in [6.45, 7) is 0.961. The number of halogens is 1. The number of anilines is 1. The van der Waals surface area contributed by atoms with Crippen molar-refractivity contribution in [1.82, 2.24) is 15.1 Å². The molecule has 19 heavy (non-hydrogen) atoms. The zero-order valence-corrected chi connectivity index (χ0v) is 11.6. The van der Waals surface area contributed by atoms with Gasteiger partial charge in [0.05, 0.1) is 22.9 Å². The molecule has 1 aromatic heterocycles. The Bertz CT molecular complexity index is 597. The highest BCUT2D eigenvalue weighted by atomic mass is 79.9. The van der Waals surface area contributed by atoms with E-state index in [4.69, 9.17) is 5.73 Å². The van der Waals surface area contributed by atoms with Crippen LogP contribution in [-0.2, 0) is 6.54 Å². The number of aromatic hydroxyl groups is 1. The van der Waals surface area contributed by atoms with Crippen LogP contribution in [0.25, 0.3) is 0 Å². The maximum Gasteiger partial charge on any atom is 0.251 e. The van der Waals surface area contributed by atoms with Gasteiger partial charge < -0.3 is 16.2 Å². The Morgan fingerprint density at radius 3 is 2.95 bits per heavy atom. The first-order valence-electron chi connectivity index (χ1n) is 5.61. The minimum atomic E-state index is -0.247. The Morgan fingerprint density at radius 1 is 1.53 bits per heavy atom. The van der Waals surface area contributed by atoms with E-state index in [0.717, 1.165) is 0 Å². The van der Waals surface area contributed by atoms with Crippen molar-refractivity contribution >= 4 is 27.5 Å². The second kappa shape index (κ2) is 5.75. The van der Waals surface area contributed by atoms with Gasteiger partial charge in [0.15, 0.2) is 0 Å². The van der Waals surface area contributed by atoms with E-state index < -0.39 is 0 Å². The van der Waals surface area contributed by atoms with Crippen LogP contribution in [0.5, 0.6) is 5.75 Å². The van der Waals surface area contributed by atoms with Gasteiger partial charge in [-0.25, -0.2) is 0 Å². The van der Waals surface area contributed by atoms with E-state index in [-0.39, 0.29) is 11.7 Å². The van der Waals surface area contributed by atoms with E-state index in [1.807, 2.05) is 0 Å². The number of amides is 1. The SMILES string of the molecule is Nc1cnn(CCNC(=O)c2ccc(Br)c(O)c2)c1. The number of hydrogen-bond donors (Lipinski definition) is 3. The number of nitrogens with two attached hydrogens (primary N) is 1. The molecule has 0 saturated heterocycles. The monoisotopic (exact) mass is 324 g/mol. The fourth-order valence-electron chi connectivity index (χ4n) is 1.54. The van der Waals surface area contributed by atoms with E-state index in [0.29, 0.717) is 28.8 Å². The maximum absolute atomic E-state index is 11.8. The van der Waals surface area contributed by atoms with Gasteiger partial charge in [-0.2, -0.15) is 5.10 Å². The minimum absolute atomic E-state index is 0.0347. The molecule has 0 atom stereocenters. The molecular formula is C12H13BrN4O2. The van der Waals surface area contributed by atoms with Gasteiger partial charge in [0.1, 0.15) is 5.75 Å². The predicted octanol–water partition coefficient (Wildman–Crippen LogP) is 1.36. The molecule has 6 nitrogen and oxygen atoms in total. The molecule has 0 fully saturated rings. The van der Waals surface area contributed by atoms with Crippen molar-refractivity contribution in [2.75, 3.05) is 12.3 Å². The van der Waals surface area contributed by atoms with E-state index in [9.17, 15) is 9.90 Å². The average molecular weight is 325 g/mol. The Hall–Kier alpha value is -2.02. The molecule has 0 aliphatic carbocycles. The lowest BCUT2D eigenvalue weighted by Crippen LogP contribution is -2.27. The lowest BCUT2D eigenvalue weighted by atomic mass is 10.2. The molecule has 7 heteroatoms. The predicted molar refractivity (Wildman–Crippen MR) is 74.8 cm³/mol. The summed E-state index contributed by atoms with van der Waals surface area (Å²) in [5, 5.41) is 16.2. The molecule has 1 heterocycles. The zero-order chi connectivity index (χ0) is 13.8. The molecule has 2 aromatic rings. The fraction of sp³-hybridized carbons (Fsp3) is 0.167. The fourth-order valence-corrected chi connectivity index (χ4v) is 1.79. The Labute approximate surface area is 118 Å². The molecule has 0 aliphatic rings. The van der Waals surface area contributed by atoms with Crippen molar-refractivity contribution in [3.05, 3.63) is 40.6 Å². The second-order valence-electron chi connectivity index (χ2n) is 3.96. The molecule has 0 unspecified atom stereocenters. The number of phenols is 1. The third kappa shape index (κ3) is 3.47. The molecule has 0 spiro atoms. The average Bonchev–Trinajstić information content (AvgIpc) is 2.78. The van der Waals surface area contributed by atoms with Crippen LogP contribution in [0, 0.1) is 0 Å². The second-order valence-corrected chi connectivity index (χ2v) is 4.81. The summed E-state index contributed by atoms with van der Waals surface area (Å²) in [6, 6.07) is 4.66. The van der Waals surface area contributed by atoms with Gasteiger partial charge >= 0.3 is 0 Å². The molecule has 4 N–H and O–H groups in total. The number of benzene rings is 1. The number of nitrogens with one attached hydrogen (secondary N) is 1. The summed E-state index contributed by atoms with van der Waals surface area (Å²) < 4.78 is 2.20. The topological polar surface area (TPSA) is 93.2 Å². The summed E-state index contributed by atoms with van der Waals surface area (Å²) in [4.78, 5) is 11.8. The van der Waals surface area contributed by atoms with Crippen LogP contribution in [0.1, 0.15) is 10.4 Å².